The second-order valence-electron chi connectivity index (χ2n) is 4.94. The molecule has 0 bridgehead atoms. The molecule has 4 heteroatoms. The number of aromatic nitrogens is 1. The maximum Gasteiger partial charge on any atom is 0.253 e. The zero-order chi connectivity index (χ0) is 13.8. The number of nitrogens with two attached hydrogens (primary N) is 1. The van der Waals surface area contributed by atoms with Crippen molar-refractivity contribution in [1.82, 2.24) is 10.3 Å². The van der Waals surface area contributed by atoms with Gasteiger partial charge in [0.15, 0.2) is 0 Å². The van der Waals surface area contributed by atoms with Gasteiger partial charge in [-0.05, 0) is 18.1 Å². The minimum absolute atomic E-state index is 0.0218. The van der Waals surface area contributed by atoms with Crippen LogP contribution in [0.5, 0.6) is 0 Å². The van der Waals surface area contributed by atoms with Crippen molar-refractivity contribution < 1.29 is 4.79 Å². The number of pyridine rings is 1. The Bertz CT molecular complexity index is 575. The molecular formula is C15H19N3O. The van der Waals surface area contributed by atoms with Crippen LogP contribution in [0.2, 0.25) is 0 Å². The summed E-state index contributed by atoms with van der Waals surface area (Å²) in [5.41, 5.74) is 7.00. The Hall–Kier alpha value is -1.94. The van der Waals surface area contributed by atoms with Gasteiger partial charge in [0.2, 0.25) is 0 Å². The smallest absolute Gasteiger partial charge is 0.253 e. The molecular weight excluding hydrogens is 238 g/mol. The molecule has 1 heterocycles. The molecule has 3 N–H and O–H groups in total. The molecule has 1 amide bonds. The number of nitrogens with one attached hydrogen (secondary N) is 1. The quantitative estimate of drug-likeness (QED) is 0.879. The number of nitrogens with zero attached hydrogens (tertiary/aromatic N) is 1. The molecule has 2 rings (SSSR count). The highest BCUT2D eigenvalue weighted by atomic mass is 16.1. The van der Waals surface area contributed by atoms with E-state index >= 15 is 0 Å². The van der Waals surface area contributed by atoms with E-state index in [1.807, 2.05) is 38.1 Å². The molecule has 100 valence electrons. The Morgan fingerprint density at radius 1 is 1.32 bits per heavy atom. The first-order valence-corrected chi connectivity index (χ1v) is 6.48. The second-order valence-corrected chi connectivity index (χ2v) is 4.94. The predicted molar refractivity (Wildman–Crippen MR) is 76.9 cm³/mol. The molecule has 0 aliphatic heterocycles. The van der Waals surface area contributed by atoms with E-state index < -0.39 is 0 Å². The normalized spacial score (nSPS) is 12.6. The van der Waals surface area contributed by atoms with Crippen molar-refractivity contribution in [3.63, 3.8) is 0 Å². The Kier molecular flexibility index (Phi) is 4.12. The Balaban J connectivity index is 2.31. The number of amides is 1. The van der Waals surface area contributed by atoms with Gasteiger partial charge in [-0.1, -0.05) is 32.0 Å². The highest BCUT2D eigenvalue weighted by molar-refractivity contribution is 6.05. The molecule has 0 fully saturated rings. The van der Waals surface area contributed by atoms with Crippen LogP contribution >= 0.6 is 0 Å². The van der Waals surface area contributed by atoms with Crippen molar-refractivity contribution in [3.8, 4) is 0 Å². The van der Waals surface area contributed by atoms with Crippen molar-refractivity contribution in [2.24, 2.45) is 11.7 Å². The van der Waals surface area contributed by atoms with Crippen molar-refractivity contribution >= 4 is 16.8 Å². The Morgan fingerprint density at radius 2 is 2.05 bits per heavy atom. The van der Waals surface area contributed by atoms with Crippen LogP contribution in [0.4, 0.5) is 0 Å². The first-order chi connectivity index (χ1) is 9.13. The van der Waals surface area contributed by atoms with E-state index in [2.05, 4.69) is 10.3 Å². The minimum atomic E-state index is -0.117. The van der Waals surface area contributed by atoms with Gasteiger partial charge in [0, 0.05) is 24.2 Å². The van der Waals surface area contributed by atoms with Crippen LogP contribution in [0, 0.1) is 5.92 Å². The number of hydrogen-bond acceptors (Lipinski definition) is 3. The molecule has 2 aromatic rings. The average molecular weight is 257 g/mol. The third-order valence-electron chi connectivity index (χ3n) is 3.25. The molecule has 0 aliphatic carbocycles. The van der Waals surface area contributed by atoms with Crippen LogP contribution in [0.3, 0.4) is 0 Å². The van der Waals surface area contributed by atoms with Crippen LogP contribution in [0.1, 0.15) is 24.2 Å². The van der Waals surface area contributed by atoms with Gasteiger partial charge in [-0.2, -0.15) is 0 Å². The molecule has 1 unspecified atom stereocenters. The molecule has 19 heavy (non-hydrogen) atoms. The van der Waals surface area contributed by atoms with Crippen LogP contribution in [0.25, 0.3) is 10.9 Å². The summed E-state index contributed by atoms with van der Waals surface area (Å²) in [5, 5.41) is 3.93. The fourth-order valence-electron chi connectivity index (χ4n) is 2.03. The van der Waals surface area contributed by atoms with Gasteiger partial charge in [-0.15, -0.1) is 0 Å². The van der Waals surface area contributed by atoms with E-state index in [9.17, 15) is 4.79 Å². The van der Waals surface area contributed by atoms with Gasteiger partial charge in [0.1, 0.15) is 0 Å². The molecule has 1 aromatic carbocycles. The molecule has 0 saturated carbocycles. The first-order valence-electron chi connectivity index (χ1n) is 6.48. The number of fused-ring (bicyclic) bond motifs is 1. The number of hydrogen-bond donors (Lipinski definition) is 2. The summed E-state index contributed by atoms with van der Waals surface area (Å²) in [6.07, 6.45) is 1.70. The lowest BCUT2D eigenvalue weighted by Gasteiger charge is -2.20. The maximum absolute atomic E-state index is 12.3. The molecule has 0 spiro atoms. The maximum atomic E-state index is 12.3. The molecule has 1 aromatic heterocycles. The van der Waals surface area contributed by atoms with Gasteiger partial charge in [-0.25, -0.2) is 0 Å². The largest absolute Gasteiger partial charge is 0.348 e. The van der Waals surface area contributed by atoms with E-state index in [4.69, 9.17) is 5.73 Å². The van der Waals surface area contributed by atoms with E-state index in [0.29, 0.717) is 18.0 Å². The van der Waals surface area contributed by atoms with E-state index in [1.165, 1.54) is 0 Å². The van der Waals surface area contributed by atoms with E-state index in [1.54, 1.807) is 12.3 Å². The molecule has 0 radical (unpaired) electrons. The lowest BCUT2D eigenvalue weighted by molar-refractivity contribution is 0.0929. The van der Waals surface area contributed by atoms with Gasteiger partial charge >= 0.3 is 0 Å². The predicted octanol–water partition coefficient (Wildman–Crippen LogP) is 1.95. The molecule has 1 atom stereocenters. The van der Waals surface area contributed by atoms with Crippen molar-refractivity contribution in [2.45, 2.75) is 19.9 Å². The van der Waals surface area contributed by atoms with Gasteiger partial charge in [0.05, 0.1) is 11.1 Å². The summed E-state index contributed by atoms with van der Waals surface area (Å²) in [7, 11) is 0. The zero-order valence-corrected chi connectivity index (χ0v) is 11.3. The van der Waals surface area contributed by atoms with Crippen LogP contribution < -0.4 is 11.1 Å². The van der Waals surface area contributed by atoms with Crippen LogP contribution in [-0.2, 0) is 0 Å². The minimum Gasteiger partial charge on any atom is -0.348 e. The summed E-state index contributed by atoms with van der Waals surface area (Å²) in [5.74, 6) is 0.185. The van der Waals surface area contributed by atoms with E-state index in [-0.39, 0.29) is 11.9 Å². The SMILES string of the molecule is CC(C)C(CN)NC(=O)c1cccc2cccnc12. The summed E-state index contributed by atoms with van der Waals surface area (Å²) in [4.78, 5) is 16.6. The number of benzene rings is 1. The summed E-state index contributed by atoms with van der Waals surface area (Å²) < 4.78 is 0. The average Bonchev–Trinajstić information content (AvgIpc) is 2.43. The van der Waals surface area contributed by atoms with E-state index in [0.717, 1.165) is 10.9 Å². The number of para-hydroxylation sites is 1. The third kappa shape index (κ3) is 2.90. The van der Waals surface area contributed by atoms with Crippen molar-refractivity contribution in [1.29, 1.82) is 0 Å². The standard InChI is InChI=1S/C15H19N3O/c1-10(2)13(9-16)18-15(19)12-7-3-5-11-6-4-8-17-14(11)12/h3-8,10,13H,9,16H2,1-2H3,(H,18,19). The van der Waals surface area contributed by atoms with Crippen molar-refractivity contribution in [3.05, 3.63) is 42.1 Å². The first kappa shape index (κ1) is 13.5. The topological polar surface area (TPSA) is 68.0 Å². The Labute approximate surface area is 113 Å². The van der Waals surface area contributed by atoms with Gasteiger partial charge in [0.25, 0.3) is 5.91 Å². The lowest BCUT2D eigenvalue weighted by Crippen LogP contribution is -2.43. The fourth-order valence-corrected chi connectivity index (χ4v) is 2.03. The summed E-state index contributed by atoms with van der Waals surface area (Å²) in [6.45, 7) is 4.51. The van der Waals surface area contributed by atoms with Crippen LogP contribution in [0.15, 0.2) is 36.5 Å². The Morgan fingerprint density at radius 3 is 2.74 bits per heavy atom. The number of rotatable bonds is 4. The highest BCUT2D eigenvalue weighted by Crippen LogP contribution is 2.16. The van der Waals surface area contributed by atoms with Crippen molar-refractivity contribution in [2.75, 3.05) is 6.54 Å². The zero-order valence-electron chi connectivity index (χ0n) is 11.3. The summed E-state index contributed by atoms with van der Waals surface area (Å²) >= 11 is 0. The lowest BCUT2D eigenvalue weighted by atomic mass is 10.0. The van der Waals surface area contributed by atoms with Crippen LogP contribution in [-0.4, -0.2) is 23.5 Å². The number of carbonyl (C=O) groups excluding carboxylic acids is 1. The molecule has 0 saturated heterocycles. The fraction of sp³-hybridized carbons (Fsp3) is 0.333. The molecule has 0 aliphatic rings. The third-order valence-corrected chi connectivity index (χ3v) is 3.25. The second kappa shape index (κ2) is 5.80. The molecule has 4 nitrogen and oxygen atoms in total. The highest BCUT2D eigenvalue weighted by Gasteiger charge is 2.17. The monoisotopic (exact) mass is 257 g/mol. The summed E-state index contributed by atoms with van der Waals surface area (Å²) in [6, 6.07) is 9.39. The van der Waals surface area contributed by atoms with Gasteiger partial charge in [-0.3, -0.25) is 9.78 Å². The number of carbonyl (C=O) groups is 1. The van der Waals surface area contributed by atoms with Gasteiger partial charge < -0.3 is 11.1 Å².